The van der Waals surface area contributed by atoms with Gasteiger partial charge in [-0.15, -0.1) is 0 Å². The molecule has 0 spiro atoms. The van der Waals surface area contributed by atoms with Gasteiger partial charge in [-0.25, -0.2) is 8.42 Å². The molecule has 1 saturated heterocycles. The molecule has 1 aromatic carbocycles. The van der Waals surface area contributed by atoms with Crippen molar-refractivity contribution in [1.29, 1.82) is 0 Å². The van der Waals surface area contributed by atoms with Gasteiger partial charge in [0.15, 0.2) is 9.84 Å². The van der Waals surface area contributed by atoms with Gasteiger partial charge in [0, 0.05) is 25.0 Å². The Kier molecular flexibility index (Phi) is 5.45. The van der Waals surface area contributed by atoms with Crippen molar-refractivity contribution in [2.45, 2.75) is 26.2 Å². The Morgan fingerprint density at radius 3 is 2.55 bits per heavy atom. The first-order valence-corrected chi connectivity index (χ1v) is 9.56. The zero-order valence-electron chi connectivity index (χ0n) is 13.2. The first-order chi connectivity index (χ1) is 10.4. The minimum atomic E-state index is -3.03. The topological polar surface area (TPSA) is 66.5 Å². The highest BCUT2D eigenvalue weighted by atomic mass is 32.2. The smallest absolute Gasteiger partial charge is 0.228 e. The number of nitrogens with one attached hydrogen (secondary N) is 1. The number of carbonyl (C=O) groups excluding carboxylic acids is 1. The summed E-state index contributed by atoms with van der Waals surface area (Å²) in [4.78, 5) is 14.3. The molecule has 1 aromatic rings. The molecular weight excluding hydrogens is 300 g/mol. The molecule has 1 amide bonds. The normalized spacial score (nSPS) is 19.8. The maximum Gasteiger partial charge on any atom is 0.228 e. The van der Waals surface area contributed by atoms with Crippen molar-refractivity contribution >= 4 is 27.1 Å². The molecule has 1 heterocycles. The van der Waals surface area contributed by atoms with E-state index in [-0.39, 0.29) is 17.4 Å². The molecule has 0 saturated carbocycles. The second-order valence-electron chi connectivity index (χ2n) is 5.91. The van der Waals surface area contributed by atoms with Crippen LogP contribution in [-0.4, -0.2) is 39.4 Å². The van der Waals surface area contributed by atoms with Crippen molar-refractivity contribution in [3.8, 4) is 0 Å². The van der Waals surface area contributed by atoms with Crippen molar-refractivity contribution in [1.82, 2.24) is 0 Å². The van der Waals surface area contributed by atoms with Crippen LogP contribution in [0.3, 0.4) is 0 Å². The summed E-state index contributed by atoms with van der Waals surface area (Å²) < 4.78 is 22.8. The van der Waals surface area contributed by atoms with Gasteiger partial charge in [-0.2, -0.15) is 0 Å². The molecule has 1 atom stereocenters. The first kappa shape index (κ1) is 16.8. The molecule has 2 rings (SSSR count). The molecule has 1 aliphatic heterocycles. The number of anilines is 2. The van der Waals surface area contributed by atoms with Gasteiger partial charge in [-0.1, -0.05) is 13.3 Å². The molecule has 6 heteroatoms. The van der Waals surface area contributed by atoms with Gasteiger partial charge in [0.25, 0.3) is 0 Å². The third kappa shape index (κ3) is 4.47. The molecule has 0 aromatic heterocycles. The number of hydrogen-bond acceptors (Lipinski definition) is 4. The number of unbranched alkanes of at least 4 members (excludes halogenated alkanes) is 1. The molecule has 22 heavy (non-hydrogen) atoms. The average molecular weight is 324 g/mol. The van der Waals surface area contributed by atoms with Crippen molar-refractivity contribution in [2.24, 2.45) is 5.92 Å². The number of rotatable bonds is 6. The number of carbonyl (C=O) groups is 1. The van der Waals surface area contributed by atoms with Crippen molar-refractivity contribution in [3.63, 3.8) is 0 Å². The van der Waals surface area contributed by atoms with E-state index < -0.39 is 15.8 Å². The quantitative estimate of drug-likeness (QED) is 0.872. The minimum Gasteiger partial charge on any atom is -0.375 e. The predicted octanol–water partition coefficient (Wildman–Crippen LogP) is 2.30. The van der Waals surface area contributed by atoms with Gasteiger partial charge < -0.3 is 10.2 Å². The van der Waals surface area contributed by atoms with Crippen LogP contribution in [0.2, 0.25) is 0 Å². The number of sulfone groups is 1. The highest BCUT2D eigenvalue weighted by Crippen LogP contribution is 2.22. The van der Waals surface area contributed by atoms with E-state index >= 15 is 0 Å². The molecule has 1 N–H and O–H groups in total. The summed E-state index contributed by atoms with van der Waals surface area (Å²) in [5.74, 6) is -0.534. The van der Waals surface area contributed by atoms with E-state index in [0.717, 1.165) is 25.1 Å². The second-order valence-corrected chi connectivity index (χ2v) is 8.14. The first-order valence-electron chi connectivity index (χ1n) is 7.74. The van der Waals surface area contributed by atoms with E-state index in [0.29, 0.717) is 12.1 Å². The van der Waals surface area contributed by atoms with Gasteiger partial charge in [0.1, 0.15) is 0 Å². The lowest BCUT2D eigenvalue weighted by atomic mass is 10.1. The standard InChI is InChI=1S/C16H24N2O3S/c1-3-4-10-18(2)15-7-5-14(6-8-15)17-16(19)13-9-11-22(20,21)12-13/h5-8,13H,3-4,9-12H2,1-2H3,(H,17,19). The van der Waals surface area contributed by atoms with Gasteiger partial charge in [0.2, 0.25) is 5.91 Å². The van der Waals surface area contributed by atoms with Crippen LogP contribution in [-0.2, 0) is 14.6 Å². The van der Waals surface area contributed by atoms with Gasteiger partial charge in [-0.05, 0) is 37.1 Å². The van der Waals surface area contributed by atoms with Crippen LogP contribution >= 0.6 is 0 Å². The van der Waals surface area contributed by atoms with Crippen LogP contribution in [0.1, 0.15) is 26.2 Å². The van der Waals surface area contributed by atoms with Crippen molar-refractivity contribution in [2.75, 3.05) is 35.3 Å². The molecule has 1 aliphatic rings. The van der Waals surface area contributed by atoms with E-state index in [2.05, 4.69) is 17.1 Å². The Labute approximate surface area is 132 Å². The molecule has 0 bridgehead atoms. The zero-order valence-corrected chi connectivity index (χ0v) is 14.0. The summed E-state index contributed by atoms with van der Waals surface area (Å²) in [6.45, 7) is 3.16. The molecule has 122 valence electrons. The average Bonchev–Trinajstić information content (AvgIpc) is 2.86. The minimum absolute atomic E-state index is 0.0311. The third-order valence-electron chi connectivity index (χ3n) is 4.03. The zero-order chi connectivity index (χ0) is 16.2. The van der Waals surface area contributed by atoms with Crippen LogP contribution in [0.25, 0.3) is 0 Å². The molecular formula is C16H24N2O3S. The molecule has 1 unspecified atom stereocenters. The largest absolute Gasteiger partial charge is 0.375 e. The summed E-state index contributed by atoms with van der Waals surface area (Å²) in [7, 11) is -0.979. The predicted molar refractivity (Wildman–Crippen MR) is 90.0 cm³/mol. The van der Waals surface area contributed by atoms with Gasteiger partial charge >= 0.3 is 0 Å². The van der Waals surface area contributed by atoms with E-state index in [1.54, 1.807) is 0 Å². The fourth-order valence-corrected chi connectivity index (χ4v) is 4.31. The molecule has 5 nitrogen and oxygen atoms in total. The lowest BCUT2D eigenvalue weighted by molar-refractivity contribution is -0.119. The summed E-state index contributed by atoms with van der Waals surface area (Å²) in [6, 6.07) is 7.66. The second kappa shape index (κ2) is 7.13. The summed E-state index contributed by atoms with van der Waals surface area (Å²) in [5.41, 5.74) is 1.82. The van der Waals surface area contributed by atoms with Gasteiger partial charge in [-0.3, -0.25) is 4.79 Å². The van der Waals surface area contributed by atoms with Crippen LogP contribution in [0.15, 0.2) is 24.3 Å². The lowest BCUT2D eigenvalue weighted by Crippen LogP contribution is -2.23. The summed E-state index contributed by atoms with van der Waals surface area (Å²) in [6.07, 6.45) is 2.72. The molecule has 0 aliphatic carbocycles. The van der Waals surface area contributed by atoms with Crippen LogP contribution in [0, 0.1) is 5.92 Å². The Morgan fingerprint density at radius 1 is 1.32 bits per heavy atom. The lowest BCUT2D eigenvalue weighted by Gasteiger charge is -2.19. The Balaban J connectivity index is 1.92. The third-order valence-corrected chi connectivity index (χ3v) is 5.79. The number of nitrogens with zero attached hydrogens (tertiary/aromatic N) is 1. The van der Waals surface area contributed by atoms with Crippen LogP contribution in [0.5, 0.6) is 0 Å². The van der Waals surface area contributed by atoms with Crippen molar-refractivity contribution < 1.29 is 13.2 Å². The summed E-state index contributed by atoms with van der Waals surface area (Å²) in [5, 5.41) is 2.81. The number of benzene rings is 1. The fraction of sp³-hybridized carbons (Fsp3) is 0.562. The SMILES string of the molecule is CCCCN(C)c1ccc(NC(=O)C2CCS(=O)(=O)C2)cc1. The van der Waals surface area contributed by atoms with E-state index in [1.165, 1.54) is 0 Å². The number of amides is 1. The van der Waals surface area contributed by atoms with Gasteiger partial charge in [0.05, 0.1) is 17.4 Å². The fourth-order valence-electron chi connectivity index (χ4n) is 2.57. The van der Waals surface area contributed by atoms with E-state index in [9.17, 15) is 13.2 Å². The van der Waals surface area contributed by atoms with E-state index in [4.69, 9.17) is 0 Å². The van der Waals surface area contributed by atoms with Crippen molar-refractivity contribution in [3.05, 3.63) is 24.3 Å². The summed E-state index contributed by atoms with van der Waals surface area (Å²) >= 11 is 0. The van der Waals surface area contributed by atoms with Crippen LogP contribution < -0.4 is 10.2 Å². The number of hydrogen-bond donors (Lipinski definition) is 1. The monoisotopic (exact) mass is 324 g/mol. The highest BCUT2D eigenvalue weighted by molar-refractivity contribution is 7.91. The highest BCUT2D eigenvalue weighted by Gasteiger charge is 2.32. The Morgan fingerprint density at radius 2 is 2.00 bits per heavy atom. The van der Waals surface area contributed by atoms with E-state index in [1.807, 2.05) is 31.3 Å². The molecule has 1 fully saturated rings. The molecule has 0 radical (unpaired) electrons. The maximum atomic E-state index is 12.1. The Hall–Kier alpha value is -1.56. The van der Waals surface area contributed by atoms with Crippen LogP contribution in [0.4, 0.5) is 11.4 Å². The Bertz CT molecular complexity index is 611. The maximum absolute atomic E-state index is 12.1.